The number of carbonyl (C=O) groups excluding carboxylic acids is 1. The van der Waals surface area contributed by atoms with E-state index in [1.807, 2.05) is 0 Å². The van der Waals surface area contributed by atoms with E-state index in [4.69, 9.17) is 0 Å². The van der Waals surface area contributed by atoms with Gasteiger partial charge in [0.25, 0.3) is 0 Å². The predicted molar refractivity (Wildman–Crippen MR) is 68.6 cm³/mol. The highest BCUT2D eigenvalue weighted by Gasteiger charge is 2.18. The average molecular weight is 232 g/mol. The Bertz CT molecular complexity index is 429. The van der Waals surface area contributed by atoms with Crippen molar-refractivity contribution in [3.8, 4) is 0 Å². The fraction of sp³-hybridized carbons (Fsp3) is 0.357. The van der Waals surface area contributed by atoms with Crippen molar-refractivity contribution in [1.29, 1.82) is 0 Å². The molecule has 0 heterocycles. The van der Waals surface area contributed by atoms with Crippen LogP contribution in [0.3, 0.4) is 0 Å². The number of aryl methyl sites for hydroxylation is 1. The lowest BCUT2D eigenvalue weighted by molar-refractivity contribution is -0.115. The van der Waals surface area contributed by atoms with Gasteiger partial charge in [-0.15, -0.1) is 0 Å². The van der Waals surface area contributed by atoms with Crippen LogP contribution >= 0.6 is 11.8 Å². The van der Waals surface area contributed by atoms with Crippen molar-refractivity contribution in [2.45, 2.75) is 38.0 Å². The summed E-state index contributed by atoms with van der Waals surface area (Å²) in [6.07, 6.45) is 2.80. The number of benzene rings is 1. The number of carbonyl (C=O) groups is 1. The van der Waals surface area contributed by atoms with E-state index in [9.17, 15) is 4.79 Å². The highest BCUT2D eigenvalue weighted by atomic mass is 32.2. The Labute approximate surface area is 101 Å². The van der Waals surface area contributed by atoms with Crippen LogP contribution in [0.15, 0.2) is 39.6 Å². The van der Waals surface area contributed by atoms with Gasteiger partial charge in [0, 0.05) is 11.3 Å². The summed E-state index contributed by atoms with van der Waals surface area (Å²) in [4.78, 5) is 13.9. The zero-order chi connectivity index (χ0) is 11.5. The molecule has 0 fully saturated rings. The van der Waals surface area contributed by atoms with Gasteiger partial charge in [-0.1, -0.05) is 35.0 Å². The van der Waals surface area contributed by atoms with Gasteiger partial charge < -0.3 is 0 Å². The maximum absolute atomic E-state index is 11.8. The Morgan fingerprint density at radius 2 is 1.75 bits per heavy atom. The number of hydrogen-bond donors (Lipinski definition) is 0. The number of thioether (sulfide) groups is 1. The summed E-state index contributed by atoms with van der Waals surface area (Å²) in [5.74, 6) is 0.314. The first-order valence-electron chi connectivity index (χ1n) is 5.64. The van der Waals surface area contributed by atoms with E-state index in [-0.39, 0.29) is 0 Å². The summed E-state index contributed by atoms with van der Waals surface area (Å²) in [6.45, 7) is 4.15. The molecule has 16 heavy (non-hydrogen) atoms. The Hall–Kier alpha value is -1.02. The third-order valence-corrected chi connectivity index (χ3v) is 4.13. The zero-order valence-corrected chi connectivity index (χ0v) is 10.6. The lowest BCUT2D eigenvalue weighted by Crippen LogP contribution is -2.07. The lowest BCUT2D eigenvalue weighted by Gasteiger charge is -2.15. The van der Waals surface area contributed by atoms with Crippen LogP contribution in [0.25, 0.3) is 0 Å². The molecule has 1 aromatic carbocycles. The van der Waals surface area contributed by atoms with Crippen LogP contribution in [-0.2, 0) is 4.79 Å². The van der Waals surface area contributed by atoms with E-state index in [0.29, 0.717) is 12.2 Å². The molecule has 2 heteroatoms. The molecule has 0 aromatic heterocycles. The Morgan fingerprint density at radius 1 is 1.06 bits per heavy atom. The van der Waals surface area contributed by atoms with E-state index in [0.717, 1.165) is 22.6 Å². The quantitative estimate of drug-likeness (QED) is 0.763. The molecule has 0 spiro atoms. The van der Waals surface area contributed by atoms with Crippen LogP contribution in [-0.4, -0.2) is 5.78 Å². The molecule has 2 rings (SSSR count). The molecule has 0 aliphatic heterocycles. The van der Waals surface area contributed by atoms with Gasteiger partial charge in [0.05, 0.1) is 4.91 Å². The molecule has 84 valence electrons. The highest BCUT2D eigenvalue weighted by Crippen LogP contribution is 2.35. The van der Waals surface area contributed by atoms with Gasteiger partial charge in [0.1, 0.15) is 0 Å². The molecule has 1 aliphatic carbocycles. The fourth-order valence-electron chi connectivity index (χ4n) is 1.85. The topological polar surface area (TPSA) is 17.1 Å². The number of Topliss-reactive ketones (excluding diaryl/α,β-unsaturated/α-hetero) is 1. The van der Waals surface area contributed by atoms with Gasteiger partial charge in [-0.25, -0.2) is 0 Å². The number of rotatable bonds is 2. The maximum atomic E-state index is 11.8. The molecule has 0 amide bonds. The van der Waals surface area contributed by atoms with Crippen molar-refractivity contribution in [2.24, 2.45) is 0 Å². The van der Waals surface area contributed by atoms with Crippen LogP contribution in [0, 0.1) is 6.92 Å². The van der Waals surface area contributed by atoms with E-state index in [1.54, 1.807) is 11.8 Å². The van der Waals surface area contributed by atoms with Crippen molar-refractivity contribution in [2.75, 3.05) is 0 Å². The molecular formula is C14H16OS. The molecule has 0 atom stereocenters. The Kier molecular flexibility index (Phi) is 3.49. The summed E-state index contributed by atoms with van der Waals surface area (Å²) in [5.41, 5.74) is 2.51. The van der Waals surface area contributed by atoms with Crippen molar-refractivity contribution < 1.29 is 4.79 Å². The van der Waals surface area contributed by atoms with Gasteiger partial charge >= 0.3 is 0 Å². The van der Waals surface area contributed by atoms with Crippen molar-refractivity contribution in [3.63, 3.8) is 0 Å². The van der Waals surface area contributed by atoms with E-state index in [2.05, 4.69) is 38.1 Å². The van der Waals surface area contributed by atoms with E-state index >= 15 is 0 Å². The van der Waals surface area contributed by atoms with Gasteiger partial charge in [-0.2, -0.15) is 0 Å². The molecular weight excluding hydrogens is 216 g/mol. The van der Waals surface area contributed by atoms with Gasteiger partial charge in [-0.3, -0.25) is 4.79 Å². The fourth-order valence-corrected chi connectivity index (χ4v) is 2.85. The van der Waals surface area contributed by atoms with Crippen LogP contribution in [0.4, 0.5) is 0 Å². The Morgan fingerprint density at radius 3 is 2.38 bits per heavy atom. The molecule has 0 radical (unpaired) electrons. The minimum Gasteiger partial charge on any atom is -0.294 e. The standard InChI is InChI=1S/C14H16OS/c1-10-6-8-12(9-7-10)16-14-11(2)4-3-5-13(14)15/h6-9H,3-5H2,1-2H3. The summed E-state index contributed by atoms with van der Waals surface area (Å²) in [6, 6.07) is 8.35. The minimum absolute atomic E-state index is 0.314. The van der Waals surface area contributed by atoms with Crippen molar-refractivity contribution in [1.82, 2.24) is 0 Å². The first kappa shape index (κ1) is 11.5. The predicted octanol–water partition coefficient (Wildman–Crippen LogP) is 4.11. The molecule has 1 aliphatic rings. The third kappa shape index (κ3) is 2.56. The van der Waals surface area contributed by atoms with E-state index < -0.39 is 0 Å². The highest BCUT2D eigenvalue weighted by molar-refractivity contribution is 8.04. The molecule has 0 bridgehead atoms. The molecule has 0 saturated carbocycles. The summed E-state index contributed by atoms with van der Waals surface area (Å²) >= 11 is 1.62. The van der Waals surface area contributed by atoms with Gasteiger partial charge in [0.15, 0.2) is 5.78 Å². The lowest BCUT2D eigenvalue weighted by atomic mass is 10.00. The van der Waals surface area contributed by atoms with Crippen molar-refractivity contribution >= 4 is 17.5 Å². The summed E-state index contributed by atoms with van der Waals surface area (Å²) in [7, 11) is 0. The van der Waals surface area contributed by atoms with Crippen LogP contribution in [0.1, 0.15) is 31.7 Å². The number of hydrogen-bond acceptors (Lipinski definition) is 2. The van der Waals surface area contributed by atoms with Gasteiger partial charge in [0.2, 0.25) is 0 Å². The Balaban J connectivity index is 2.20. The van der Waals surface area contributed by atoms with Crippen LogP contribution < -0.4 is 0 Å². The maximum Gasteiger partial charge on any atom is 0.169 e. The molecule has 0 saturated heterocycles. The molecule has 1 nitrogen and oxygen atoms in total. The molecule has 0 unspecified atom stereocenters. The number of allylic oxidation sites excluding steroid dienone is 2. The average Bonchev–Trinajstić information content (AvgIpc) is 2.26. The molecule has 0 N–H and O–H groups in total. The molecule has 1 aromatic rings. The third-order valence-electron chi connectivity index (χ3n) is 2.84. The van der Waals surface area contributed by atoms with Crippen LogP contribution in [0.2, 0.25) is 0 Å². The first-order valence-corrected chi connectivity index (χ1v) is 6.46. The van der Waals surface area contributed by atoms with Gasteiger partial charge in [-0.05, 0) is 38.8 Å². The second-order valence-electron chi connectivity index (χ2n) is 4.30. The normalized spacial score (nSPS) is 16.8. The smallest absolute Gasteiger partial charge is 0.169 e. The largest absolute Gasteiger partial charge is 0.294 e. The summed E-state index contributed by atoms with van der Waals surface area (Å²) < 4.78 is 0. The first-order chi connectivity index (χ1) is 7.66. The van der Waals surface area contributed by atoms with Crippen molar-refractivity contribution in [3.05, 3.63) is 40.3 Å². The van der Waals surface area contributed by atoms with Crippen LogP contribution in [0.5, 0.6) is 0 Å². The zero-order valence-electron chi connectivity index (χ0n) is 9.75. The minimum atomic E-state index is 0.314. The monoisotopic (exact) mass is 232 g/mol. The second kappa shape index (κ2) is 4.88. The summed E-state index contributed by atoms with van der Waals surface area (Å²) in [5, 5.41) is 0. The number of ketones is 1. The SMILES string of the molecule is CC1=C(Sc2ccc(C)cc2)C(=O)CCC1. The second-order valence-corrected chi connectivity index (χ2v) is 5.39. The van der Waals surface area contributed by atoms with E-state index in [1.165, 1.54) is 11.1 Å².